The first kappa shape index (κ1) is 21.3. The van der Waals surface area contributed by atoms with Crippen LogP contribution in [0, 0.1) is 5.82 Å². The van der Waals surface area contributed by atoms with Gasteiger partial charge in [0.15, 0.2) is 0 Å². The van der Waals surface area contributed by atoms with Crippen LogP contribution in [-0.4, -0.2) is 23.3 Å². The van der Waals surface area contributed by atoms with E-state index in [1.165, 1.54) is 24.3 Å². The molecule has 1 heterocycles. The van der Waals surface area contributed by atoms with Crippen molar-refractivity contribution in [3.8, 4) is 11.6 Å². The SMILES string of the molecule is O=C(CCNC(=O)c1ccc(Cl)cc1)NCc1ccnc(Oc2ccc(F)cc2)c1. The number of nitrogens with zero attached hydrogens (tertiary/aromatic N) is 1. The smallest absolute Gasteiger partial charge is 0.251 e. The van der Waals surface area contributed by atoms with Gasteiger partial charge in [-0.2, -0.15) is 0 Å². The number of halogens is 2. The van der Waals surface area contributed by atoms with Gasteiger partial charge in [-0.25, -0.2) is 9.37 Å². The maximum Gasteiger partial charge on any atom is 0.251 e. The number of carbonyl (C=O) groups excluding carboxylic acids is 2. The van der Waals surface area contributed by atoms with Crippen molar-refractivity contribution in [1.29, 1.82) is 0 Å². The van der Waals surface area contributed by atoms with Crippen molar-refractivity contribution in [3.05, 3.63) is 88.8 Å². The number of nitrogens with one attached hydrogen (secondary N) is 2. The summed E-state index contributed by atoms with van der Waals surface area (Å²) in [5.74, 6) is -0.0263. The van der Waals surface area contributed by atoms with Gasteiger partial charge in [-0.1, -0.05) is 11.6 Å². The first-order valence-corrected chi connectivity index (χ1v) is 9.56. The molecule has 0 radical (unpaired) electrons. The number of rotatable bonds is 8. The van der Waals surface area contributed by atoms with Crippen LogP contribution in [0.2, 0.25) is 5.02 Å². The van der Waals surface area contributed by atoms with Gasteiger partial charge in [-0.05, 0) is 60.2 Å². The van der Waals surface area contributed by atoms with Crippen molar-refractivity contribution >= 4 is 23.4 Å². The Morgan fingerprint density at radius 1 is 1.00 bits per heavy atom. The number of benzene rings is 2. The van der Waals surface area contributed by atoms with Crippen molar-refractivity contribution in [2.75, 3.05) is 6.54 Å². The third-order valence-electron chi connectivity index (χ3n) is 4.07. The van der Waals surface area contributed by atoms with E-state index in [4.69, 9.17) is 16.3 Å². The summed E-state index contributed by atoms with van der Waals surface area (Å²) >= 11 is 5.79. The summed E-state index contributed by atoms with van der Waals surface area (Å²) in [7, 11) is 0. The number of amides is 2. The van der Waals surface area contributed by atoms with E-state index in [0.717, 1.165) is 5.56 Å². The zero-order valence-electron chi connectivity index (χ0n) is 15.9. The molecule has 0 aliphatic rings. The molecular formula is C22H19ClFN3O3. The minimum atomic E-state index is -0.351. The molecule has 0 saturated heterocycles. The molecule has 154 valence electrons. The quantitative estimate of drug-likeness (QED) is 0.567. The number of hydrogen-bond acceptors (Lipinski definition) is 4. The Bertz CT molecular complexity index is 1010. The molecule has 2 aromatic carbocycles. The highest BCUT2D eigenvalue weighted by Gasteiger charge is 2.07. The Morgan fingerprint density at radius 3 is 2.47 bits per heavy atom. The maximum absolute atomic E-state index is 13.0. The van der Waals surface area contributed by atoms with Gasteiger partial charge in [0.25, 0.3) is 5.91 Å². The summed E-state index contributed by atoms with van der Waals surface area (Å²) in [6.45, 7) is 0.495. The molecule has 0 fully saturated rings. The fourth-order valence-electron chi connectivity index (χ4n) is 2.52. The summed E-state index contributed by atoms with van der Waals surface area (Å²) in [4.78, 5) is 28.1. The molecule has 3 aromatic rings. The Kier molecular flexibility index (Phi) is 7.34. The van der Waals surface area contributed by atoms with Gasteiger partial charge in [-0.3, -0.25) is 9.59 Å². The summed E-state index contributed by atoms with van der Waals surface area (Å²) in [5.41, 5.74) is 1.27. The molecule has 0 bridgehead atoms. The minimum Gasteiger partial charge on any atom is -0.439 e. The molecule has 30 heavy (non-hydrogen) atoms. The van der Waals surface area contributed by atoms with Gasteiger partial charge >= 0.3 is 0 Å². The van der Waals surface area contributed by atoms with E-state index in [1.54, 1.807) is 42.6 Å². The first-order valence-electron chi connectivity index (χ1n) is 9.18. The Labute approximate surface area is 178 Å². The summed E-state index contributed by atoms with van der Waals surface area (Å²) < 4.78 is 18.5. The zero-order valence-corrected chi connectivity index (χ0v) is 16.7. The van der Waals surface area contributed by atoms with E-state index in [9.17, 15) is 14.0 Å². The predicted molar refractivity (Wildman–Crippen MR) is 111 cm³/mol. The summed E-state index contributed by atoms with van der Waals surface area (Å²) in [5, 5.41) is 6.02. The fraction of sp³-hybridized carbons (Fsp3) is 0.136. The van der Waals surface area contributed by atoms with E-state index in [-0.39, 0.29) is 37.1 Å². The number of pyridine rings is 1. The molecule has 2 amide bonds. The Morgan fingerprint density at radius 2 is 1.73 bits per heavy atom. The average Bonchev–Trinajstić information content (AvgIpc) is 2.75. The van der Waals surface area contributed by atoms with Crippen molar-refractivity contribution in [1.82, 2.24) is 15.6 Å². The second kappa shape index (κ2) is 10.4. The van der Waals surface area contributed by atoms with Crippen molar-refractivity contribution in [2.24, 2.45) is 0 Å². The lowest BCUT2D eigenvalue weighted by Crippen LogP contribution is -2.30. The second-order valence-electron chi connectivity index (χ2n) is 6.35. The normalized spacial score (nSPS) is 10.3. The van der Waals surface area contributed by atoms with Gasteiger partial charge in [0.2, 0.25) is 11.8 Å². The molecule has 0 spiro atoms. The number of carbonyl (C=O) groups is 2. The first-order chi connectivity index (χ1) is 14.5. The third kappa shape index (κ3) is 6.56. The highest BCUT2D eigenvalue weighted by molar-refractivity contribution is 6.30. The van der Waals surface area contributed by atoms with Crippen LogP contribution < -0.4 is 15.4 Å². The van der Waals surface area contributed by atoms with Crippen LogP contribution in [0.1, 0.15) is 22.3 Å². The van der Waals surface area contributed by atoms with Gasteiger partial charge in [0.1, 0.15) is 11.6 Å². The van der Waals surface area contributed by atoms with Crippen LogP contribution in [0.15, 0.2) is 66.9 Å². The van der Waals surface area contributed by atoms with E-state index in [1.807, 2.05) is 0 Å². The van der Waals surface area contributed by atoms with Crippen LogP contribution in [0.25, 0.3) is 0 Å². The number of hydrogen-bond donors (Lipinski definition) is 2. The van der Waals surface area contributed by atoms with Gasteiger partial charge < -0.3 is 15.4 Å². The third-order valence-corrected chi connectivity index (χ3v) is 4.32. The van der Waals surface area contributed by atoms with Crippen molar-refractivity contribution in [2.45, 2.75) is 13.0 Å². The lowest BCUT2D eigenvalue weighted by atomic mass is 10.2. The molecule has 6 nitrogen and oxygen atoms in total. The number of aromatic nitrogens is 1. The van der Waals surface area contributed by atoms with Crippen LogP contribution in [0.5, 0.6) is 11.6 Å². The zero-order chi connectivity index (χ0) is 21.3. The molecule has 0 atom stereocenters. The molecule has 0 unspecified atom stereocenters. The molecule has 2 N–H and O–H groups in total. The van der Waals surface area contributed by atoms with Gasteiger partial charge in [0.05, 0.1) is 0 Å². The van der Waals surface area contributed by atoms with Crippen LogP contribution in [0.3, 0.4) is 0 Å². The molecule has 8 heteroatoms. The van der Waals surface area contributed by atoms with E-state index in [2.05, 4.69) is 15.6 Å². The molecule has 0 aliphatic carbocycles. The standard InChI is InChI=1S/C22H19ClFN3O3/c23-17-3-1-16(2-4-17)22(29)26-12-10-20(28)27-14-15-9-11-25-21(13-15)30-19-7-5-18(24)6-8-19/h1-9,11,13H,10,12,14H2,(H,26,29)(H,27,28). The second-order valence-corrected chi connectivity index (χ2v) is 6.78. The lowest BCUT2D eigenvalue weighted by Gasteiger charge is -2.09. The maximum atomic E-state index is 13.0. The topological polar surface area (TPSA) is 80.3 Å². The largest absolute Gasteiger partial charge is 0.439 e. The van der Waals surface area contributed by atoms with Crippen molar-refractivity contribution in [3.63, 3.8) is 0 Å². The monoisotopic (exact) mass is 427 g/mol. The van der Waals surface area contributed by atoms with E-state index in [0.29, 0.717) is 22.2 Å². The lowest BCUT2D eigenvalue weighted by molar-refractivity contribution is -0.121. The predicted octanol–water partition coefficient (Wildman–Crippen LogP) is 4.10. The van der Waals surface area contributed by atoms with E-state index < -0.39 is 0 Å². The van der Waals surface area contributed by atoms with E-state index >= 15 is 0 Å². The minimum absolute atomic E-state index is 0.142. The highest BCUT2D eigenvalue weighted by Crippen LogP contribution is 2.20. The summed E-state index contributed by atoms with van der Waals surface area (Å²) in [6, 6.07) is 15.5. The number of ether oxygens (including phenoxy) is 1. The molecule has 0 aliphatic heterocycles. The molecule has 0 saturated carbocycles. The Hall–Kier alpha value is -3.45. The van der Waals surface area contributed by atoms with Gasteiger partial charge in [0, 0.05) is 42.4 Å². The van der Waals surface area contributed by atoms with Gasteiger partial charge in [-0.15, -0.1) is 0 Å². The molecule has 3 rings (SSSR count). The molecule has 1 aromatic heterocycles. The van der Waals surface area contributed by atoms with Crippen molar-refractivity contribution < 1.29 is 18.7 Å². The van der Waals surface area contributed by atoms with Crippen LogP contribution >= 0.6 is 11.6 Å². The highest BCUT2D eigenvalue weighted by atomic mass is 35.5. The fourth-order valence-corrected chi connectivity index (χ4v) is 2.65. The van der Waals surface area contributed by atoms with Crippen LogP contribution in [0.4, 0.5) is 4.39 Å². The Balaban J connectivity index is 1.42. The average molecular weight is 428 g/mol. The van der Waals surface area contributed by atoms with Crippen LogP contribution in [-0.2, 0) is 11.3 Å². The molecular weight excluding hydrogens is 409 g/mol. The summed E-state index contributed by atoms with van der Waals surface area (Å²) in [6.07, 6.45) is 1.70.